The van der Waals surface area contributed by atoms with Gasteiger partial charge in [0.05, 0.1) is 6.04 Å². The summed E-state index contributed by atoms with van der Waals surface area (Å²) < 4.78 is 0. The Morgan fingerprint density at radius 1 is 0.969 bits per heavy atom. The third kappa shape index (κ3) is 8.08. The molecule has 0 aromatic heterocycles. The molecule has 1 heterocycles. The van der Waals surface area contributed by atoms with Gasteiger partial charge in [-0.15, -0.1) is 0 Å². The lowest BCUT2D eigenvalue weighted by molar-refractivity contribution is -0.141. The molecule has 0 radical (unpaired) electrons. The number of likely N-dealkylation sites (tertiary alicyclic amines) is 1. The number of amides is 5. The van der Waals surface area contributed by atoms with Crippen LogP contribution in [0.5, 0.6) is 0 Å². The molecular formula is C20H37N7O5. The monoisotopic (exact) mass is 455 g/mol. The van der Waals surface area contributed by atoms with Gasteiger partial charge in [0.25, 0.3) is 0 Å². The molecule has 5 amide bonds. The van der Waals surface area contributed by atoms with Crippen molar-refractivity contribution in [2.75, 3.05) is 13.1 Å². The topological polar surface area (TPSA) is 203 Å². The fourth-order valence-electron chi connectivity index (χ4n) is 3.41. The smallest absolute Gasteiger partial charge is 0.245 e. The average Bonchev–Trinajstić information content (AvgIpc) is 3.21. The van der Waals surface area contributed by atoms with E-state index < -0.39 is 59.7 Å². The van der Waals surface area contributed by atoms with Crippen molar-refractivity contribution in [2.45, 2.75) is 83.1 Å². The summed E-state index contributed by atoms with van der Waals surface area (Å²) in [6.45, 7) is 5.35. The van der Waals surface area contributed by atoms with Gasteiger partial charge in [-0.1, -0.05) is 0 Å². The number of nitrogens with zero attached hydrogens (tertiary/aromatic N) is 1. The molecule has 9 N–H and O–H groups in total. The second kappa shape index (κ2) is 13.0. The number of nitrogens with two attached hydrogens (primary N) is 3. The summed E-state index contributed by atoms with van der Waals surface area (Å²) in [5.74, 6) is -2.56. The van der Waals surface area contributed by atoms with Crippen LogP contribution < -0.4 is 33.2 Å². The van der Waals surface area contributed by atoms with Crippen LogP contribution in [0.1, 0.15) is 52.9 Å². The molecule has 12 nitrogen and oxygen atoms in total. The minimum absolute atomic E-state index is 0.356. The molecule has 5 atom stereocenters. The van der Waals surface area contributed by atoms with Gasteiger partial charge < -0.3 is 38.1 Å². The van der Waals surface area contributed by atoms with Gasteiger partial charge in [-0.25, -0.2) is 0 Å². The van der Waals surface area contributed by atoms with E-state index in [1.165, 1.54) is 25.7 Å². The molecule has 32 heavy (non-hydrogen) atoms. The summed E-state index contributed by atoms with van der Waals surface area (Å²) in [6.07, 6.45) is 2.73. The van der Waals surface area contributed by atoms with Crippen LogP contribution in [-0.2, 0) is 24.0 Å². The van der Waals surface area contributed by atoms with Crippen molar-refractivity contribution in [3.63, 3.8) is 0 Å². The van der Waals surface area contributed by atoms with Crippen LogP contribution in [0.4, 0.5) is 0 Å². The number of unbranched alkanes of at least 4 members (excludes halogenated alkanes) is 1. The van der Waals surface area contributed by atoms with Crippen molar-refractivity contribution in [1.29, 1.82) is 0 Å². The van der Waals surface area contributed by atoms with Crippen LogP contribution in [0.25, 0.3) is 0 Å². The van der Waals surface area contributed by atoms with Crippen LogP contribution in [0.2, 0.25) is 0 Å². The number of carbonyl (C=O) groups is 5. The Kier molecular flexibility index (Phi) is 11.1. The highest BCUT2D eigenvalue weighted by Crippen LogP contribution is 2.19. The Morgan fingerprint density at radius 2 is 1.62 bits per heavy atom. The molecule has 0 bridgehead atoms. The van der Waals surface area contributed by atoms with Crippen molar-refractivity contribution in [2.24, 2.45) is 17.2 Å². The van der Waals surface area contributed by atoms with Gasteiger partial charge in [-0.05, 0) is 59.4 Å². The zero-order valence-electron chi connectivity index (χ0n) is 19.1. The van der Waals surface area contributed by atoms with E-state index in [-0.39, 0.29) is 0 Å². The summed E-state index contributed by atoms with van der Waals surface area (Å²) >= 11 is 0. The lowest BCUT2D eigenvalue weighted by atomic mass is 10.1. The predicted molar refractivity (Wildman–Crippen MR) is 118 cm³/mol. The van der Waals surface area contributed by atoms with Crippen LogP contribution in [0.15, 0.2) is 0 Å². The summed E-state index contributed by atoms with van der Waals surface area (Å²) in [4.78, 5) is 62.7. The van der Waals surface area contributed by atoms with E-state index in [1.54, 1.807) is 0 Å². The molecule has 1 fully saturated rings. The highest BCUT2D eigenvalue weighted by atomic mass is 16.2. The molecule has 0 unspecified atom stereocenters. The second-order valence-corrected chi connectivity index (χ2v) is 8.19. The van der Waals surface area contributed by atoms with E-state index in [0.717, 1.165) is 0 Å². The molecule has 0 aromatic carbocycles. The normalized spacial score (nSPS) is 19.4. The Bertz CT molecular complexity index is 700. The van der Waals surface area contributed by atoms with E-state index in [1.807, 2.05) is 0 Å². The first kappa shape index (κ1) is 27.3. The lowest BCUT2D eigenvalue weighted by Crippen LogP contribution is -2.57. The maximum absolute atomic E-state index is 12.8. The summed E-state index contributed by atoms with van der Waals surface area (Å²) in [5, 5.41) is 7.66. The SMILES string of the molecule is C[C@H](N)C(=O)N[C@@H](C)C(=O)N1CCC[C@H]1C(=O)N[C@@H](C)C(=O)N[C@@H](CCCCN)C(N)=O. The molecule has 182 valence electrons. The molecule has 12 heteroatoms. The maximum Gasteiger partial charge on any atom is 0.245 e. The number of carbonyl (C=O) groups excluding carboxylic acids is 5. The van der Waals surface area contributed by atoms with E-state index in [9.17, 15) is 24.0 Å². The fourth-order valence-corrected chi connectivity index (χ4v) is 3.41. The molecule has 1 rings (SSSR count). The van der Waals surface area contributed by atoms with Crippen LogP contribution >= 0.6 is 0 Å². The molecule has 0 aliphatic carbocycles. The maximum atomic E-state index is 12.8. The number of primary amides is 1. The quantitative estimate of drug-likeness (QED) is 0.173. The van der Waals surface area contributed by atoms with Crippen molar-refractivity contribution < 1.29 is 24.0 Å². The molecular weight excluding hydrogens is 418 g/mol. The first-order valence-corrected chi connectivity index (χ1v) is 11.0. The van der Waals surface area contributed by atoms with Crippen LogP contribution in [-0.4, -0.2) is 77.7 Å². The minimum atomic E-state index is -0.938. The van der Waals surface area contributed by atoms with Gasteiger partial charge in [0, 0.05) is 6.54 Å². The lowest BCUT2D eigenvalue weighted by Gasteiger charge is -2.28. The van der Waals surface area contributed by atoms with Gasteiger partial charge in [-0.2, -0.15) is 0 Å². The number of hydrogen-bond acceptors (Lipinski definition) is 7. The highest BCUT2D eigenvalue weighted by Gasteiger charge is 2.37. The van der Waals surface area contributed by atoms with Gasteiger partial charge in [0.15, 0.2) is 0 Å². The van der Waals surface area contributed by atoms with Gasteiger partial charge >= 0.3 is 0 Å². The molecule has 0 aromatic rings. The molecule has 1 aliphatic rings. The molecule has 0 spiro atoms. The molecule has 1 aliphatic heterocycles. The Balaban J connectivity index is 2.68. The van der Waals surface area contributed by atoms with E-state index in [2.05, 4.69) is 16.0 Å². The van der Waals surface area contributed by atoms with Crippen molar-refractivity contribution in [1.82, 2.24) is 20.9 Å². The van der Waals surface area contributed by atoms with Gasteiger partial charge in [-0.3, -0.25) is 24.0 Å². The minimum Gasteiger partial charge on any atom is -0.368 e. The standard InChI is InChI=1S/C20H37N7O5/c1-11(22)17(29)25-13(3)20(32)27-10-6-8-15(27)19(31)24-12(2)18(30)26-14(16(23)28)7-4-5-9-21/h11-15H,4-10,21-22H2,1-3H3,(H2,23,28)(H,24,31)(H,25,29)(H,26,30)/t11-,12-,13-,14-,15-/m0/s1. The number of rotatable bonds is 12. The zero-order chi connectivity index (χ0) is 24.4. The fraction of sp³-hybridized carbons (Fsp3) is 0.750. The van der Waals surface area contributed by atoms with Crippen molar-refractivity contribution in [3.05, 3.63) is 0 Å². The number of nitrogens with one attached hydrogen (secondary N) is 3. The Morgan fingerprint density at radius 3 is 2.19 bits per heavy atom. The Hall–Kier alpha value is -2.73. The number of hydrogen-bond donors (Lipinski definition) is 6. The third-order valence-electron chi connectivity index (χ3n) is 5.34. The van der Waals surface area contributed by atoms with Crippen LogP contribution in [0.3, 0.4) is 0 Å². The average molecular weight is 456 g/mol. The first-order valence-electron chi connectivity index (χ1n) is 11.0. The van der Waals surface area contributed by atoms with E-state index in [0.29, 0.717) is 45.2 Å². The zero-order valence-corrected chi connectivity index (χ0v) is 19.1. The summed E-state index contributed by atoms with van der Waals surface area (Å²) in [7, 11) is 0. The van der Waals surface area contributed by atoms with Crippen LogP contribution in [0, 0.1) is 0 Å². The van der Waals surface area contributed by atoms with E-state index in [4.69, 9.17) is 17.2 Å². The van der Waals surface area contributed by atoms with Gasteiger partial charge in [0.1, 0.15) is 24.2 Å². The summed E-state index contributed by atoms with van der Waals surface area (Å²) in [5.41, 5.74) is 16.3. The van der Waals surface area contributed by atoms with E-state index >= 15 is 0 Å². The predicted octanol–water partition coefficient (Wildman–Crippen LogP) is -2.57. The highest BCUT2D eigenvalue weighted by molar-refractivity contribution is 5.95. The second-order valence-electron chi connectivity index (χ2n) is 8.19. The van der Waals surface area contributed by atoms with Gasteiger partial charge in [0.2, 0.25) is 29.5 Å². The molecule has 1 saturated heterocycles. The summed E-state index contributed by atoms with van der Waals surface area (Å²) in [6, 6.07) is -4.16. The first-order chi connectivity index (χ1) is 15.0. The van der Waals surface area contributed by atoms with Crippen molar-refractivity contribution >= 4 is 29.5 Å². The molecule has 0 saturated carbocycles. The third-order valence-corrected chi connectivity index (χ3v) is 5.34. The Labute approximate surface area is 188 Å². The van der Waals surface area contributed by atoms with Crippen molar-refractivity contribution in [3.8, 4) is 0 Å². The largest absolute Gasteiger partial charge is 0.368 e.